The Labute approximate surface area is 238 Å². The molecule has 0 spiro atoms. The molecule has 1 atom stereocenters. The van der Waals surface area contributed by atoms with Crippen LogP contribution in [0.2, 0.25) is 0 Å². The Morgan fingerprint density at radius 2 is 1.55 bits per heavy atom. The van der Waals surface area contributed by atoms with Crippen molar-refractivity contribution >= 4 is 27.5 Å². The Morgan fingerprint density at radius 3 is 2.20 bits per heavy atom. The average molecular weight is 566 g/mol. The normalized spacial score (nSPS) is 11.9. The number of sulfonamides is 1. The lowest BCUT2D eigenvalue weighted by Gasteiger charge is -2.33. The summed E-state index contributed by atoms with van der Waals surface area (Å²) in [5.74, 6) is -0.415. The Balaban J connectivity index is 2.10. The Bertz CT molecular complexity index is 1380. The average Bonchev–Trinajstić information content (AvgIpc) is 2.96. The van der Waals surface area contributed by atoms with E-state index in [0.717, 1.165) is 21.9 Å². The first kappa shape index (κ1) is 30.7. The highest BCUT2D eigenvalue weighted by molar-refractivity contribution is 7.92. The van der Waals surface area contributed by atoms with Crippen LogP contribution >= 0.6 is 0 Å². The smallest absolute Gasteiger partial charge is 0.264 e. The quantitative estimate of drug-likeness (QED) is 0.299. The summed E-state index contributed by atoms with van der Waals surface area (Å²) in [7, 11) is -4.17. The van der Waals surface area contributed by atoms with Crippen molar-refractivity contribution in [3.8, 4) is 5.75 Å². The van der Waals surface area contributed by atoms with Crippen LogP contribution in [-0.4, -0.2) is 50.9 Å². The van der Waals surface area contributed by atoms with Crippen LogP contribution < -0.4 is 14.4 Å². The van der Waals surface area contributed by atoms with Gasteiger partial charge in [-0.25, -0.2) is 8.42 Å². The SMILES string of the molecule is CCCNC(=O)C(CC)N(Cc1ccccc1C)C(=O)CN(c1ccccc1OCC)S(=O)(=O)c1ccccc1. The molecule has 2 amide bonds. The van der Waals surface area contributed by atoms with E-state index in [1.807, 2.05) is 52.0 Å². The molecule has 0 aliphatic heterocycles. The van der Waals surface area contributed by atoms with Crippen molar-refractivity contribution in [1.82, 2.24) is 10.2 Å². The van der Waals surface area contributed by atoms with Crippen molar-refractivity contribution in [3.63, 3.8) is 0 Å². The Kier molecular flexibility index (Phi) is 11.1. The van der Waals surface area contributed by atoms with E-state index in [-0.39, 0.29) is 23.0 Å². The molecule has 0 aliphatic rings. The number of benzene rings is 3. The Hall–Kier alpha value is -3.85. The fraction of sp³-hybridized carbons (Fsp3) is 0.355. The van der Waals surface area contributed by atoms with Gasteiger partial charge in [0.2, 0.25) is 11.8 Å². The summed E-state index contributed by atoms with van der Waals surface area (Å²) in [6.45, 7) is 8.01. The Morgan fingerprint density at radius 1 is 0.900 bits per heavy atom. The number of hydrogen-bond acceptors (Lipinski definition) is 5. The van der Waals surface area contributed by atoms with Gasteiger partial charge >= 0.3 is 0 Å². The predicted octanol–water partition coefficient (Wildman–Crippen LogP) is 4.92. The minimum Gasteiger partial charge on any atom is -0.492 e. The van der Waals surface area contributed by atoms with Crippen LogP contribution in [0.25, 0.3) is 0 Å². The van der Waals surface area contributed by atoms with Crippen LogP contribution in [0, 0.1) is 6.92 Å². The summed E-state index contributed by atoms with van der Waals surface area (Å²) >= 11 is 0. The number of rotatable bonds is 14. The third kappa shape index (κ3) is 7.41. The van der Waals surface area contributed by atoms with Gasteiger partial charge in [0, 0.05) is 13.1 Å². The number of ether oxygens (including phenoxy) is 1. The van der Waals surface area contributed by atoms with E-state index in [9.17, 15) is 18.0 Å². The summed E-state index contributed by atoms with van der Waals surface area (Å²) in [5.41, 5.74) is 2.10. The van der Waals surface area contributed by atoms with Gasteiger partial charge in [0.05, 0.1) is 17.2 Å². The number of nitrogens with one attached hydrogen (secondary N) is 1. The minimum atomic E-state index is -4.17. The third-order valence-electron chi connectivity index (χ3n) is 6.58. The first-order valence-electron chi connectivity index (χ1n) is 13.7. The first-order chi connectivity index (χ1) is 19.2. The van der Waals surface area contributed by atoms with Gasteiger partial charge in [0.25, 0.3) is 10.0 Å². The summed E-state index contributed by atoms with van der Waals surface area (Å²) in [6, 6.07) is 21.6. The summed E-state index contributed by atoms with van der Waals surface area (Å²) in [4.78, 5) is 28.9. The van der Waals surface area contributed by atoms with Crippen molar-refractivity contribution in [2.45, 2.75) is 58.0 Å². The maximum Gasteiger partial charge on any atom is 0.264 e. The number of hydrogen-bond donors (Lipinski definition) is 1. The highest BCUT2D eigenvalue weighted by Gasteiger charge is 2.34. The lowest BCUT2D eigenvalue weighted by Crippen LogP contribution is -2.52. The molecule has 0 saturated carbocycles. The number of nitrogens with zero attached hydrogens (tertiary/aromatic N) is 2. The molecule has 0 saturated heterocycles. The van der Waals surface area contributed by atoms with E-state index >= 15 is 0 Å². The van der Waals surface area contributed by atoms with Gasteiger partial charge in [-0.3, -0.25) is 13.9 Å². The lowest BCUT2D eigenvalue weighted by molar-refractivity contribution is -0.140. The molecule has 1 N–H and O–H groups in total. The van der Waals surface area contributed by atoms with Crippen molar-refractivity contribution < 1.29 is 22.7 Å². The molecule has 0 fully saturated rings. The van der Waals surface area contributed by atoms with Gasteiger partial charge in [-0.05, 0) is 62.1 Å². The first-order valence-corrected chi connectivity index (χ1v) is 15.1. The summed E-state index contributed by atoms with van der Waals surface area (Å²) in [6.07, 6.45) is 1.12. The molecule has 40 heavy (non-hydrogen) atoms. The molecule has 0 radical (unpaired) electrons. The molecule has 3 rings (SSSR count). The second-order valence-corrected chi connectivity index (χ2v) is 11.3. The van der Waals surface area contributed by atoms with E-state index < -0.39 is 28.5 Å². The largest absolute Gasteiger partial charge is 0.492 e. The second-order valence-electron chi connectivity index (χ2n) is 9.39. The highest BCUT2D eigenvalue weighted by Crippen LogP contribution is 2.33. The molecule has 0 aliphatic carbocycles. The van der Waals surface area contributed by atoms with Gasteiger partial charge in [-0.15, -0.1) is 0 Å². The number of para-hydroxylation sites is 2. The van der Waals surface area contributed by atoms with Crippen LogP contribution in [0.5, 0.6) is 5.75 Å². The van der Waals surface area contributed by atoms with Gasteiger partial charge in [0.15, 0.2) is 0 Å². The van der Waals surface area contributed by atoms with E-state index in [1.165, 1.54) is 17.0 Å². The lowest BCUT2D eigenvalue weighted by atomic mass is 10.1. The number of carbonyl (C=O) groups excluding carboxylic acids is 2. The number of aryl methyl sites for hydroxylation is 1. The van der Waals surface area contributed by atoms with E-state index in [1.54, 1.807) is 42.5 Å². The van der Waals surface area contributed by atoms with Crippen LogP contribution in [0.1, 0.15) is 44.7 Å². The zero-order valence-corrected chi connectivity index (χ0v) is 24.5. The molecule has 0 aromatic heterocycles. The van der Waals surface area contributed by atoms with Crippen molar-refractivity contribution in [3.05, 3.63) is 90.0 Å². The predicted molar refractivity (Wildman–Crippen MR) is 158 cm³/mol. The molecule has 0 heterocycles. The number of amides is 2. The van der Waals surface area contributed by atoms with Crippen LogP contribution in [0.3, 0.4) is 0 Å². The number of anilines is 1. The zero-order chi connectivity index (χ0) is 29.1. The van der Waals surface area contributed by atoms with Crippen molar-refractivity contribution in [2.24, 2.45) is 0 Å². The zero-order valence-electron chi connectivity index (χ0n) is 23.7. The maximum atomic E-state index is 14.2. The van der Waals surface area contributed by atoms with E-state index in [0.29, 0.717) is 25.3 Å². The topological polar surface area (TPSA) is 96.0 Å². The van der Waals surface area contributed by atoms with Gasteiger partial charge < -0.3 is 15.0 Å². The number of carbonyl (C=O) groups is 2. The van der Waals surface area contributed by atoms with Crippen LogP contribution in [-0.2, 0) is 26.2 Å². The molecule has 9 heteroatoms. The molecule has 3 aromatic carbocycles. The second kappa shape index (κ2) is 14.5. The van der Waals surface area contributed by atoms with Crippen LogP contribution in [0.15, 0.2) is 83.8 Å². The van der Waals surface area contributed by atoms with Gasteiger partial charge in [-0.1, -0.05) is 68.4 Å². The highest BCUT2D eigenvalue weighted by atomic mass is 32.2. The standard InChI is InChI=1S/C31H39N3O5S/c1-5-21-32-31(36)27(6-2)33(22-25-16-12-11-15-24(25)4)30(35)23-34(28-19-13-14-20-29(28)39-7-3)40(37,38)26-17-9-8-10-18-26/h8-20,27H,5-7,21-23H2,1-4H3,(H,32,36). The van der Waals surface area contributed by atoms with Gasteiger partial charge in [-0.2, -0.15) is 0 Å². The molecular formula is C31H39N3O5S. The van der Waals surface area contributed by atoms with Crippen LogP contribution in [0.4, 0.5) is 5.69 Å². The van der Waals surface area contributed by atoms with Gasteiger partial charge in [0.1, 0.15) is 18.3 Å². The minimum absolute atomic E-state index is 0.0484. The fourth-order valence-corrected chi connectivity index (χ4v) is 5.88. The van der Waals surface area contributed by atoms with Crippen molar-refractivity contribution in [1.29, 1.82) is 0 Å². The fourth-order valence-electron chi connectivity index (χ4n) is 4.43. The van der Waals surface area contributed by atoms with E-state index in [4.69, 9.17) is 4.74 Å². The van der Waals surface area contributed by atoms with Crippen molar-refractivity contribution in [2.75, 3.05) is 24.0 Å². The molecule has 1 unspecified atom stereocenters. The molecular weight excluding hydrogens is 526 g/mol. The maximum absolute atomic E-state index is 14.2. The summed E-state index contributed by atoms with van der Waals surface area (Å²) in [5, 5.41) is 2.90. The summed E-state index contributed by atoms with van der Waals surface area (Å²) < 4.78 is 34.8. The van der Waals surface area contributed by atoms with E-state index in [2.05, 4.69) is 5.32 Å². The monoisotopic (exact) mass is 565 g/mol. The molecule has 8 nitrogen and oxygen atoms in total. The molecule has 3 aromatic rings. The molecule has 214 valence electrons. The third-order valence-corrected chi connectivity index (χ3v) is 8.35. The molecule has 0 bridgehead atoms.